The van der Waals surface area contributed by atoms with E-state index in [1.165, 1.54) is 0 Å². The number of anilines is 2. The lowest BCUT2D eigenvalue weighted by Gasteiger charge is -2.28. The van der Waals surface area contributed by atoms with Gasteiger partial charge in [-0.2, -0.15) is 0 Å². The van der Waals surface area contributed by atoms with Crippen LogP contribution in [0.4, 0.5) is 11.4 Å². The quantitative estimate of drug-likeness (QED) is 0.828. The van der Waals surface area contributed by atoms with E-state index in [1.807, 2.05) is 24.3 Å². The van der Waals surface area contributed by atoms with Crippen molar-refractivity contribution < 1.29 is 4.74 Å². The second-order valence-corrected chi connectivity index (χ2v) is 5.16. The number of hydrogen-bond acceptors (Lipinski definition) is 3. The third-order valence-electron chi connectivity index (χ3n) is 3.05. The molecule has 0 aliphatic carbocycles. The normalized spacial score (nSPS) is 18.7. The van der Waals surface area contributed by atoms with Crippen molar-refractivity contribution in [1.29, 1.82) is 0 Å². The van der Waals surface area contributed by atoms with Crippen LogP contribution in [0.15, 0.2) is 59.3 Å². The van der Waals surface area contributed by atoms with Crippen molar-refractivity contribution in [1.82, 2.24) is 0 Å². The van der Waals surface area contributed by atoms with Crippen LogP contribution in [0.25, 0.3) is 0 Å². The second kappa shape index (κ2) is 5.97. The molecule has 100 valence electrons. The molecule has 0 saturated carbocycles. The van der Waals surface area contributed by atoms with Crippen LogP contribution in [-0.2, 0) is 4.74 Å². The Labute approximate surface area is 122 Å². The first-order chi connectivity index (χ1) is 9.15. The highest BCUT2D eigenvalue weighted by Crippen LogP contribution is 2.29. The van der Waals surface area contributed by atoms with Crippen LogP contribution in [0.1, 0.15) is 6.42 Å². The first kappa shape index (κ1) is 13.7. The van der Waals surface area contributed by atoms with Crippen molar-refractivity contribution in [2.24, 2.45) is 0 Å². The lowest BCUT2D eigenvalue weighted by Crippen LogP contribution is -2.28. The van der Waals surface area contributed by atoms with Gasteiger partial charge in [0.25, 0.3) is 0 Å². The molecule has 2 rings (SSSR count). The van der Waals surface area contributed by atoms with Crippen molar-refractivity contribution in [3.05, 3.63) is 59.3 Å². The van der Waals surface area contributed by atoms with Gasteiger partial charge in [-0.05, 0) is 40.2 Å². The summed E-state index contributed by atoms with van der Waals surface area (Å²) < 4.78 is 6.51. The second-order valence-electron chi connectivity index (χ2n) is 4.30. The number of hydrogen-bond donors (Lipinski definition) is 2. The van der Waals surface area contributed by atoms with E-state index >= 15 is 0 Å². The van der Waals surface area contributed by atoms with E-state index in [9.17, 15) is 0 Å². The molecular formula is C15H17BrN2O. The van der Waals surface area contributed by atoms with Crippen LogP contribution in [0, 0.1) is 0 Å². The van der Waals surface area contributed by atoms with E-state index < -0.39 is 0 Å². The Morgan fingerprint density at radius 2 is 2.16 bits per heavy atom. The molecule has 0 aromatic heterocycles. The van der Waals surface area contributed by atoms with Crippen LogP contribution >= 0.6 is 15.9 Å². The van der Waals surface area contributed by atoms with Crippen molar-refractivity contribution in [3.63, 3.8) is 0 Å². The minimum absolute atomic E-state index is 0.166. The SMILES string of the molecule is C=CC1=C(C=C)C(Nc2ccc(N)cc2Br)CCO1. The molecule has 3 nitrogen and oxygen atoms in total. The molecule has 0 spiro atoms. The van der Waals surface area contributed by atoms with Crippen molar-refractivity contribution in [2.45, 2.75) is 12.5 Å². The summed E-state index contributed by atoms with van der Waals surface area (Å²) >= 11 is 3.51. The van der Waals surface area contributed by atoms with E-state index in [2.05, 4.69) is 34.4 Å². The van der Waals surface area contributed by atoms with Gasteiger partial charge < -0.3 is 15.8 Å². The summed E-state index contributed by atoms with van der Waals surface area (Å²) in [5.74, 6) is 0.797. The molecule has 1 aromatic carbocycles. The summed E-state index contributed by atoms with van der Waals surface area (Å²) in [6.45, 7) is 8.29. The van der Waals surface area contributed by atoms with Gasteiger partial charge in [-0.15, -0.1) is 0 Å². The van der Waals surface area contributed by atoms with Crippen LogP contribution in [0.5, 0.6) is 0 Å². The molecule has 0 amide bonds. The monoisotopic (exact) mass is 320 g/mol. The maximum absolute atomic E-state index is 5.74. The summed E-state index contributed by atoms with van der Waals surface area (Å²) in [5, 5.41) is 3.48. The predicted octanol–water partition coefficient (Wildman–Crippen LogP) is 3.86. The molecule has 1 unspecified atom stereocenters. The summed E-state index contributed by atoms with van der Waals surface area (Å²) in [6, 6.07) is 5.88. The van der Waals surface area contributed by atoms with Crippen molar-refractivity contribution >= 4 is 27.3 Å². The molecule has 1 aliphatic heterocycles. The van der Waals surface area contributed by atoms with E-state index in [1.54, 1.807) is 6.08 Å². The fraction of sp³-hybridized carbons (Fsp3) is 0.200. The Balaban J connectivity index is 2.26. The van der Waals surface area contributed by atoms with Crippen LogP contribution in [0.2, 0.25) is 0 Å². The minimum Gasteiger partial charge on any atom is -0.493 e. The predicted molar refractivity (Wildman–Crippen MR) is 84.0 cm³/mol. The van der Waals surface area contributed by atoms with Gasteiger partial charge in [0, 0.05) is 27.8 Å². The average Bonchev–Trinajstić information content (AvgIpc) is 2.41. The molecule has 19 heavy (non-hydrogen) atoms. The topological polar surface area (TPSA) is 47.3 Å². The zero-order chi connectivity index (χ0) is 13.8. The Morgan fingerprint density at radius 1 is 1.37 bits per heavy atom. The number of nitrogen functional groups attached to an aromatic ring is 1. The average molecular weight is 321 g/mol. The maximum Gasteiger partial charge on any atom is 0.123 e. The zero-order valence-electron chi connectivity index (χ0n) is 10.7. The Kier molecular flexibility index (Phi) is 4.32. The highest BCUT2D eigenvalue weighted by Gasteiger charge is 2.21. The zero-order valence-corrected chi connectivity index (χ0v) is 12.2. The van der Waals surface area contributed by atoms with Gasteiger partial charge in [0.15, 0.2) is 0 Å². The van der Waals surface area contributed by atoms with Gasteiger partial charge >= 0.3 is 0 Å². The fourth-order valence-electron chi connectivity index (χ4n) is 2.10. The number of halogens is 1. The van der Waals surface area contributed by atoms with E-state index in [0.717, 1.165) is 33.6 Å². The van der Waals surface area contributed by atoms with Crippen molar-refractivity contribution in [2.75, 3.05) is 17.7 Å². The molecule has 1 aromatic rings. The van der Waals surface area contributed by atoms with Gasteiger partial charge in [-0.25, -0.2) is 0 Å². The first-order valence-corrected chi connectivity index (χ1v) is 6.88. The molecule has 1 aliphatic rings. The molecule has 0 saturated heterocycles. The summed E-state index contributed by atoms with van der Waals surface area (Å²) in [7, 11) is 0. The molecular weight excluding hydrogens is 304 g/mol. The third kappa shape index (κ3) is 3.01. The van der Waals surface area contributed by atoms with E-state index in [-0.39, 0.29) is 6.04 Å². The molecule has 4 heteroatoms. The van der Waals surface area contributed by atoms with E-state index in [0.29, 0.717) is 6.61 Å². The maximum atomic E-state index is 5.74. The largest absolute Gasteiger partial charge is 0.493 e. The number of benzene rings is 1. The standard InChI is InChI=1S/C15H17BrN2O/c1-3-11-13(7-8-19-15(11)4-2)18-14-6-5-10(17)9-12(14)16/h3-6,9,13,18H,1-2,7-8,17H2. The highest BCUT2D eigenvalue weighted by atomic mass is 79.9. The Morgan fingerprint density at radius 3 is 2.79 bits per heavy atom. The van der Waals surface area contributed by atoms with Crippen LogP contribution < -0.4 is 11.1 Å². The molecule has 0 fully saturated rings. The molecule has 1 atom stereocenters. The number of nitrogens with two attached hydrogens (primary N) is 1. The van der Waals surface area contributed by atoms with Gasteiger partial charge in [-0.3, -0.25) is 0 Å². The molecule has 0 radical (unpaired) electrons. The summed E-state index contributed by atoms with van der Waals surface area (Å²) in [6.07, 6.45) is 4.43. The number of allylic oxidation sites excluding steroid dienone is 1. The van der Waals surface area contributed by atoms with Crippen molar-refractivity contribution in [3.8, 4) is 0 Å². The number of rotatable bonds is 4. The van der Waals surface area contributed by atoms with E-state index in [4.69, 9.17) is 10.5 Å². The van der Waals surface area contributed by atoms with Gasteiger partial charge in [-0.1, -0.05) is 19.2 Å². The third-order valence-corrected chi connectivity index (χ3v) is 3.71. The number of nitrogens with one attached hydrogen (secondary N) is 1. The first-order valence-electron chi connectivity index (χ1n) is 6.09. The lowest BCUT2D eigenvalue weighted by molar-refractivity contribution is 0.197. The minimum atomic E-state index is 0.166. The fourth-order valence-corrected chi connectivity index (χ4v) is 2.61. The smallest absolute Gasteiger partial charge is 0.123 e. The lowest BCUT2D eigenvalue weighted by atomic mass is 10.00. The van der Waals surface area contributed by atoms with Crippen LogP contribution in [0.3, 0.4) is 0 Å². The van der Waals surface area contributed by atoms with Crippen LogP contribution in [-0.4, -0.2) is 12.6 Å². The summed E-state index contributed by atoms with van der Waals surface area (Å²) in [5.41, 5.74) is 8.51. The molecule has 3 N–H and O–H groups in total. The van der Waals surface area contributed by atoms with Gasteiger partial charge in [0.05, 0.1) is 12.6 Å². The van der Waals surface area contributed by atoms with Gasteiger partial charge in [0.2, 0.25) is 0 Å². The Bertz CT molecular complexity index is 537. The van der Waals surface area contributed by atoms with Gasteiger partial charge in [0.1, 0.15) is 5.76 Å². The molecule has 1 heterocycles. The highest BCUT2D eigenvalue weighted by molar-refractivity contribution is 9.10. The number of ether oxygens (including phenoxy) is 1. The summed E-state index contributed by atoms with van der Waals surface area (Å²) in [4.78, 5) is 0. The molecule has 0 bridgehead atoms. The Hall–Kier alpha value is -1.68.